The molecule has 24 heavy (non-hydrogen) atoms. The summed E-state index contributed by atoms with van der Waals surface area (Å²) in [4.78, 5) is 1.20. The molecule has 9 heteroatoms. The number of furan rings is 1. The Bertz CT molecular complexity index is 873. The van der Waals surface area contributed by atoms with Gasteiger partial charge in [0.05, 0.1) is 15.5 Å². The fourth-order valence-corrected chi connectivity index (χ4v) is 3.68. The van der Waals surface area contributed by atoms with Crippen LogP contribution in [0.2, 0.25) is 5.02 Å². The van der Waals surface area contributed by atoms with Crippen LogP contribution in [0, 0.1) is 0 Å². The van der Waals surface area contributed by atoms with Gasteiger partial charge in [-0.25, -0.2) is 0 Å². The predicted octanol–water partition coefficient (Wildman–Crippen LogP) is 5.91. The Morgan fingerprint density at radius 3 is 2.54 bits per heavy atom. The van der Waals surface area contributed by atoms with Gasteiger partial charge in [0, 0.05) is 5.56 Å². The molecule has 1 aromatic carbocycles. The summed E-state index contributed by atoms with van der Waals surface area (Å²) >= 11 is 17.4. The number of thiocarbonyl (C=S) groups is 2. The van der Waals surface area contributed by atoms with E-state index in [1.54, 1.807) is 18.2 Å². The van der Waals surface area contributed by atoms with E-state index >= 15 is 0 Å². The Hall–Kier alpha value is -1.35. The van der Waals surface area contributed by atoms with E-state index in [0.717, 1.165) is 12.1 Å². The number of benzene rings is 1. The van der Waals surface area contributed by atoms with Crippen LogP contribution in [-0.2, 0) is 6.18 Å². The van der Waals surface area contributed by atoms with Crippen LogP contribution in [-0.4, -0.2) is 9.31 Å². The number of alkyl halides is 3. The van der Waals surface area contributed by atoms with Crippen molar-refractivity contribution in [1.29, 1.82) is 0 Å². The van der Waals surface area contributed by atoms with E-state index in [-0.39, 0.29) is 16.3 Å². The minimum Gasteiger partial charge on any atom is -0.457 e. The quantitative estimate of drug-likeness (QED) is 0.495. The van der Waals surface area contributed by atoms with Gasteiger partial charge in [-0.05, 0) is 36.4 Å². The maximum absolute atomic E-state index is 12.9. The molecule has 0 atom stereocenters. The molecule has 0 aliphatic carbocycles. The molecular weight excluding hydrogens is 399 g/mol. The SMILES string of the molecule is FC(F)(F)c1ccc(Cl)c(-c2ccc(/C=C3\SC(=S)NC3=S)o2)c1. The van der Waals surface area contributed by atoms with Crippen molar-refractivity contribution in [2.45, 2.75) is 6.18 Å². The highest BCUT2D eigenvalue weighted by Gasteiger charge is 2.31. The van der Waals surface area contributed by atoms with Crippen LogP contribution in [0.1, 0.15) is 11.3 Å². The topological polar surface area (TPSA) is 25.2 Å². The molecule has 2 nitrogen and oxygen atoms in total. The molecular formula is C15H7ClF3NOS3. The second kappa shape index (κ2) is 6.51. The van der Waals surface area contributed by atoms with Crippen LogP contribution >= 0.6 is 47.8 Å². The van der Waals surface area contributed by atoms with Crippen molar-refractivity contribution in [3.63, 3.8) is 0 Å². The van der Waals surface area contributed by atoms with Crippen molar-refractivity contribution in [3.8, 4) is 11.3 Å². The van der Waals surface area contributed by atoms with Gasteiger partial charge in [0.1, 0.15) is 20.8 Å². The largest absolute Gasteiger partial charge is 0.457 e. The third-order valence-corrected chi connectivity index (χ3v) is 5.06. The number of thioether (sulfide) groups is 1. The second-order valence-corrected chi connectivity index (χ2v) is 7.28. The first kappa shape index (κ1) is 17.5. The molecule has 1 fully saturated rings. The van der Waals surface area contributed by atoms with Gasteiger partial charge in [0.25, 0.3) is 0 Å². The van der Waals surface area contributed by atoms with E-state index in [4.69, 9.17) is 40.5 Å². The molecule has 1 N–H and O–H groups in total. The monoisotopic (exact) mass is 405 g/mol. The smallest absolute Gasteiger partial charge is 0.416 e. The molecule has 1 aliphatic rings. The highest BCUT2D eigenvalue weighted by atomic mass is 35.5. The molecule has 0 radical (unpaired) electrons. The minimum absolute atomic E-state index is 0.171. The van der Waals surface area contributed by atoms with Crippen molar-refractivity contribution >= 4 is 63.2 Å². The van der Waals surface area contributed by atoms with E-state index in [0.29, 0.717) is 20.0 Å². The number of hydrogen-bond acceptors (Lipinski definition) is 4. The standard InChI is InChI=1S/C15H7ClF3NOS3/c16-10-3-1-7(15(17,18)19)5-9(10)11-4-2-8(21-11)6-12-13(22)20-14(23)24-12/h1-6H,(H,20,22,23)/b12-6-. The molecule has 0 spiro atoms. The zero-order valence-corrected chi connectivity index (χ0v) is 14.8. The van der Waals surface area contributed by atoms with E-state index in [1.165, 1.54) is 17.8 Å². The summed E-state index contributed by atoms with van der Waals surface area (Å²) in [5.74, 6) is 0.678. The second-order valence-electron chi connectivity index (χ2n) is 4.75. The van der Waals surface area contributed by atoms with Crippen molar-refractivity contribution in [3.05, 3.63) is 51.6 Å². The summed E-state index contributed by atoms with van der Waals surface area (Å²) in [6.07, 6.45) is -2.78. The van der Waals surface area contributed by atoms with Crippen molar-refractivity contribution in [1.82, 2.24) is 5.32 Å². The maximum Gasteiger partial charge on any atom is 0.416 e. The lowest BCUT2D eigenvalue weighted by Crippen LogP contribution is -2.15. The zero-order chi connectivity index (χ0) is 17.5. The fourth-order valence-electron chi connectivity index (χ4n) is 2.02. The number of nitrogens with one attached hydrogen (secondary N) is 1. The summed E-state index contributed by atoms with van der Waals surface area (Å²) in [7, 11) is 0. The van der Waals surface area contributed by atoms with Crippen molar-refractivity contribution < 1.29 is 17.6 Å². The van der Waals surface area contributed by atoms with Gasteiger partial charge in [0.15, 0.2) is 0 Å². The Balaban J connectivity index is 1.95. The maximum atomic E-state index is 12.9. The first-order chi connectivity index (χ1) is 11.2. The molecule has 1 aliphatic heterocycles. The Labute approximate surface area is 155 Å². The van der Waals surface area contributed by atoms with Crippen molar-refractivity contribution in [2.24, 2.45) is 0 Å². The molecule has 0 saturated carbocycles. The normalized spacial score (nSPS) is 16.8. The lowest BCUT2D eigenvalue weighted by Gasteiger charge is -2.09. The van der Waals surface area contributed by atoms with E-state index < -0.39 is 11.7 Å². The van der Waals surface area contributed by atoms with Gasteiger partial charge in [-0.15, -0.1) is 0 Å². The lowest BCUT2D eigenvalue weighted by atomic mass is 10.1. The number of hydrogen-bond donors (Lipinski definition) is 1. The van der Waals surface area contributed by atoms with Gasteiger partial charge < -0.3 is 9.73 Å². The molecule has 2 aromatic rings. The van der Waals surface area contributed by atoms with Gasteiger partial charge in [-0.3, -0.25) is 0 Å². The summed E-state index contributed by atoms with van der Waals surface area (Å²) in [6, 6.07) is 6.28. The average molecular weight is 406 g/mol. The van der Waals surface area contributed by atoms with Crippen LogP contribution in [0.25, 0.3) is 17.4 Å². The highest BCUT2D eigenvalue weighted by Crippen LogP contribution is 2.37. The van der Waals surface area contributed by atoms with Gasteiger partial charge >= 0.3 is 6.18 Å². The van der Waals surface area contributed by atoms with Crippen LogP contribution in [0.5, 0.6) is 0 Å². The number of rotatable bonds is 2. The van der Waals surface area contributed by atoms with E-state index in [2.05, 4.69) is 5.32 Å². The zero-order valence-electron chi connectivity index (χ0n) is 11.6. The van der Waals surface area contributed by atoms with Crippen LogP contribution in [0.3, 0.4) is 0 Å². The third kappa shape index (κ3) is 3.66. The molecule has 2 heterocycles. The lowest BCUT2D eigenvalue weighted by molar-refractivity contribution is -0.137. The van der Waals surface area contributed by atoms with Crippen molar-refractivity contribution in [2.75, 3.05) is 0 Å². The van der Waals surface area contributed by atoms with E-state index in [1.807, 2.05) is 0 Å². The molecule has 1 aromatic heterocycles. The molecule has 1 saturated heterocycles. The fraction of sp³-hybridized carbons (Fsp3) is 0.0667. The van der Waals surface area contributed by atoms with E-state index in [9.17, 15) is 13.2 Å². The summed E-state index contributed by atoms with van der Waals surface area (Å²) in [6.45, 7) is 0. The van der Waals surface area contributed by atoms with Gasteiger partial charge in [-0.2, -0.15) is 13.2 Å². The average Bonchev–Trinajstić information content (AvgIpc) is 3.05. The summed E-state index contributed by atoms with van der Waals surface area (Å²) in [5.41, 5.74) is -0.619. The molecule has 0 unspecified atom stereocenters. The predicted molar refractivity (Wildman–Crippen MR) is 98.1 cm³/mol. The first-order valence-electron chi connectivity index (χ1n) is 6.46. The first-order valence-corrected chi connectivity index (χ1v) is 8.47. The molecule has 0 amide bonds. The van der Waals surface area contributed by atoms with Crippen LogP contribution in [0.4, 0.5) is 13.2 Å². The summed E-state index contributed by atoms with van der Waals surface area (Å²) in [5, 5.41) is 3.00. The Kier molecular flexibility index (Phi) is 4.74. The highest BCUT2D eigenvalue weighted by molar-refractivity contribution is 8.27. The van der Waals surface area contributed by atoms with Crippen LogP contribution in [0.15, 0.2) is 39.7 Å². The Morgan fingerprint density at radius 1 is 1.17 bits per heavy atom. The summed E-state index contributed by atoms with van der Waals surface area (Å²) < 4.78 is 44.7. The van der Waals surface area contributed by atoms with Crippen LogP contribution < -0.4 is 5.32 Å². The molecule has 124 valence electrons. The molecule has 0 bridgehead atoms. The molecule has 3 rings (SSSR count). The van der Waals surface area contributed by atoms with Gasteiger partial charge in [-0.1, -0.05) is 47.8 Å². The Morgan fingerprint density at radius 2 is 1.92 bits per heavy atom. The number of halogens is 4. The van der Waals surface area contributed by atoms with Gasteiger partial charge in [0.2, 0.25) is 0 Å². The minimum atomic E-state index is -4.45. The third-order valence-electron chi connectivity index (χ3n) is 3.10.